The average molecular weight is 236 g/mol. The van der Waals surface area contributed by atoms with Gasteiger partial charge in [-0.05, 0) is 32.2 Å². The summed E-state index contributed by atoms with van der Waals surface area (Å²) < 4.78 is 1.88. The molecule has 86 valence electrons. The molecule has 16 heavy (non-hydrogen) atoms. The Hall–Kier alpha value is -1.60. The fourth-order valence-corrected chi connectivity index (χ4v) is 1.77. The number of primary amides is 1. The molecule has 0 aliphatic heterocycles. The van der Waals surface area contributed by atoms with E-state index in [2.05, 4.69) is 12.3 Å². The lowest BCUT2D eigenvalue weighted by atomic mass is 10.3. The normalized spacial score (nSPS) is 10.6. The van der Waals surface area contributed by atoms with Gasteiger partial charge in [-0.1, -0.05) is 0 Å². The van der Waals surface area contributed by atoms with E-state index in [0.717, 1.165) is 5.03 Å². The molecule has 0 saturated heterocycles. The molecule has 1 aromatic rings. The molecule has 1 heterocycles. The number of carbonyl (C=O) groups is 1. The molecule has 0 unspecified atom stereocenters. The van der Waals surface area contributed by atoms with Crippen molar-refractivity contribution in [2.24, 2.45) is 5.73 Å². The molecule has 0 aliphatic carbocycles. The van der Waals surface area contributed by atoms with Gasteiger partial charge in [-0.25, -0.2) is 0 Å². The second-order valence-corrected chi connectivity index (χ2v) is 3.67. The van der Waals surface area contributed by atoms with Crippen LogP contribution in [0, 0.1) is 12.3 Å². The van der Waals surface area contributed by atoms with Crippen LogP contribution in [0.25, 0.3) is 5.03 Å². The van der Waals surface area contributed by atoms with E-state index in [1.54, 1.807) is 13.8 Å². The zero-order valence-electron chi connectivity index (χ0n) is 9.73. The van der Waals surface area contributed by atoms with Gasteiger partial charge in [0.2, 0.25) is 5.91 Å². The SMILES string of the molecule is C#CC.CS/C(=C(\C)C(N)=O)n1cccc1. The Labute approximate surface area is 101 Å². The lowest BCUT2D eigenvalue weighted by Crippen LogP contribution is -2.14. The maximum absolute atomic E-state index is 10.9. The number of hydrogen-bond donors (Lipinski definition) is 1. The zero-order chi connectivity index (χ0) is 12.6. The van der Waals surface area contributed by atoms with Crippen LogP contribution in [-0.2, 0) is 4.79 Å². The highest BCUT2D eigenvalue weighted by atomic mass is 32.2. The van der Waals surface area contributed by atoms with Crippen molar-refractivity contribution in [2.75, 3.05) is 6.26 Å². The molecule has 0 aliphatic rings. The maximum Gasteiger partial charge on any atom is 0.246 e. The molecule has 0 bridgehead atoms. The molecule has 1 amide bonds. The van der Waals surface area contributed by atoms with Gasteiger partial charge < -0.3 is 10.3 Å². The molecule has 0 fully saturated rings. The van der Waals surface area contributed by atoms with E-state index in [-0.39, 0.29) is 5.91 Å². The third kappa shape index (κ3) is 4.28. The van der Waals surface area contributed by atoms with Gasteiger partial charge in [0.05, 0.1) is 5.03 Å². The largest absolute Gasteiger partial charge is 0.366 e. The predicted molar refractivity (Wildman–Crippen MR) is 70.5 cm³/mol. The average Bonchev–Trinajstić information content (AvgIpc) is 2.73. The molecule has 0 radical (unpaired) electrons. The smallest absolute Gasteiger partial charge is 0.246 e. The van der Waals surface area contributed by atoms with Gasteiger partial charge in [0, 0.05) is 18.0 Å². The maximum atomic E-state index is 10.9. The molecule has 0 spiro atoms. The molecule has 1 rings (SSSR count). The van der Waals surface area contributed by atoms with Crippen LogP contribution in [-0.4, -0.2) is 16.7 Å². The van der Waals surface area contributed by atoms with Gasteiger partial charge in [0.15, 0.2) is 0 Å². The summed E-state index contributed by atoms with van der Waals surface area (Å²) in [4.78, 5) is 10.9. The van der Waals surface area contributed by atoms with Crippen molar-refractivity contribution in [3.63, 3.8) is 0 Å². The van der Waals surface area contributed by atoms with Crippen molar-refractivity contribution in [2.45, 2.75) is 13.8 Å². The Morgan fingerprint density at radius 2 is 1.88 bits per heavy atom. The van der Waals surface area contributed by atoms with Gasteiger partial charge in [-0.3, -0.25) is 4.79 Å². The first-order chi connectivity index (χ1) is 7.58. The molecular formula is C12H16N2OS. The molecule has 2 N–H and O–H groups in total. The number of terminal acetylenes is 1. The summed E-state index contributed by atoms with van der Waals surface area (Å²) in [7, 11) is 0. The monoisotopic (exact) mass is 236 g/mol. The Bertz CT molecular complexity index is 399. The summed E-state index contributed by atoms with van der Waals surface area (Å²) in [5.74, 6) is 1.87. The van der Waals surface area contributed by atoms with E-state index >= 15 is 0 Å². The molecule has 0 saturated carbocycles. The van der Waals surface area contributed by atoms with Crippen molar-refractivity contribution >= 4 is 22.7 Å². The van der Waals surface area contributed by atoms with Crippen LogP contribution in [0.5, 0.6) is 0 Å². The third-order valence-corrected chi connectivity index (χ3v) is 2.63. The predicted octanol–water partition coefficient (Wildman–Crippen LogP) is 2.16. The number of carbonyl (C=O) groups excluding carboxylic acids is 1. The lowest BCUT2D eigenvalue weighted by Gasteiger charge is -2.08. The summed E-state index contributed by atoms with van der Waals surface area (Å²) in [6, 6.07) is 3.81. The number of rotatable bonds is 3. The van der Waals surface area contributed by atoms with E-state index in [9.17, 15) is 4.79 Å². The first kappa shape index (κ1) is 14.4. The summed E-state index contributed by atoms with van der Waals surface area (Å²) in [6.07, 6.45) is 10.3. The zero-order valence-corrected chi connectivity index (χ0v) is 10.5. The van der Waals surface area contributed by atoms with Crippen LogP contribution in [0.4, 0.5) is 0 Å². The second kappa shape index (κ2) is 7.66. The van der Waals surface area contributed by atoms with Crippen molar-refractivity contribution in [3.8, 4) is 12.3 Å². The van der Waals surface area contributed by atoms with Crippen LogP contribution < -0.4 is 5.73 Å². The molecule has 1 aromatic heterocycles. The number of nitrogens with zero attached hydrogens (tertiary/aromatic N) is 1. The summed E-state index contributed by atoms with van der Waals surface area (Å²) in [6.45, 7) is 3.38. The number of amides is 1. The van der Waals surface area contributed by atoms with Crippen LogP contribution in [0.3, 0.4) is 0 Å². The number of thioether (sulfide) groups is 1. The quantitative estimate of drug-likeness (QED) is 0.646. The van der Waals surface area contributed by atoms with Crippen molar-refractivity contribution < 1.29 is 4.79 Å². The summed E-state index contributed by atoms with van der Waals surface area (Å²) in [5, 5.41) is 0.873. The van der Waals surface area contributed by atoms with Crippen LogP contribution >= 0.6 is 11.8 Å². The Balaban J connectivity index is 0.000000673. The second-order valence-electron chi connectivity index (χ2n) is 2.88. The molecule has 0 atom stereocenters. The van der Waals surface area contributed by atoms with Crippen molar-refractivity contribution in [1.29, 1.82) is 0 Å². The van der Waals surface area contributed by atoms with Crippen molar-refractivity contribution in [1.82, 2.24) is 4.57 Å². The fourth-order valence-electron chi connectivity index (χ4n) is 1.03. The highest BCUT2D eigenvalue weighted by molar-refractivity contribution is 8.07. The number of nitrogens with two attached hydrogens (primary N) is 1. The van der Waals surface area contributed by atoms with E-state index in [1.807, 2.05) is 35.3 Å². The Morgan fingerprint density at radius 3 is 2.19 bits per heavy atom. The van der Waals surface area contributed by atoms with Gasteiger partial charge in [0.1, 0.15) is 0 Å². The van der Waals surface area contributed by atoms with E-state index in [4.69, 9.17) is 5.73 Å². The standard InChI is InChI=1S/C9H12N2OS.C3H4/c1-7(8(10)12)9(13-2)11-5-3-4-6-11;1-3-2/h3-6H,1-2H3,(H2,10,12);1H,2H3/b9-7+;. The Kier molecular flexibility index (Phi) is 6.89. The number of hydrogen-bond acceptors (Lipinski definition) is 2. The minimum atomic E-state index is -0.377. The summed E-state index contributed by atoms with van der Waals surface area (Å²) in [5.41, 5.74) is 5.78. The van der Waals surface area contributed by atoms with E-state index in [1.165, 1.54) is 11.8 Å². The van der Waals surface area contributed by atoms with Crippen LogP contribution in [0.15, 0.2) is 30.1 Å². The number of aromatic nitrogens is 1. The molecule has 0 aromatic carbocycles. The van der Waals surface area contributed by atoms with Gasteiger partial charge in [0.25, 0.3) is 0 Å². The van der Waals surface area contributed by atoms with E-state index in [0.29, 0.717) is 5.57 Å². The van der Waals surface area contributed by atoms with Gasteiger partial charge in [-0.2, -0.15) is 0 Å². The first-order valence-electron chi connectivity index (χ1n) is 4.63. The van der Waals surface area contributed by atoms with E-state index < -0.39 is 0 Å². The first-order valence-corrected chi connectivity index (χ1v) is 5.86. The molecular weight excluding hydrogens is 220 g/mol. The van der Waals surface area contributed by atoms with Crippen LogP contribution in [0.2, 0.25) is 0 Å². The topological polar surface area (TPSA) is 48.0 Å². The third-order valence-electron chi connectivity index (χ3n) is 1.72. The lowest BCUT2D eigenvalue weighted by molar-refractivity contribution is -0.114. The minimum Gasteiger partial charge on any atom is -0.366 e. The highest BCUT2D eigenvalue weighted by Crippen LogP contribution is 2.22. The minimum absolute atomic E-state index is 0.377. The van der Waals surface area contributed by atoms with Gasteiger partial charge >= 0.3 is 0 Å². The van der Waals surface area contributed by atoms with Crippen molar-refractivity contribution in [3.05, 3.63) is 30.1 Å². The molecule has 3 nitrogen and oxygen atoms in total. The fraction of sp³-hybridized carbons (Fsp3) is 0.250. The van der Waals surface area contributed by atoms with Gasteiger partial charge in [-0.15, -0.1) is 24.1 Å². The molecule has 4 heteroatoms. The summed E-state index contributed by atoms with van der Waals surface area (Å²) >= 11 is 1.51. The highest BCUT2D eigenvalue weighted by Gasteiger charge is 2.07. The van der Waals surface area contributed by atoms with Crippen LogP contribution in [0.1, 0.15) is 13.8 Å². The Morgan fingerprint density at radius 1 is 1.44 bits per heavy atom.